The molecule has 0 bridgehead atoms. The molecule has 0 aromatic heterocycles. The smallest absolute Gasteiger partial charge is 0.272 e. The number of nitro benzene ring substituents is 1. The van der Waals surface area contributed by atoms with Crippen LogP contribution in [0.15, 0.2) is 18.2 Å². The average molecular weight is 213 g/mol. The van der Waals surface area contributed by atoms with Crippen molar-refractivity contribution in [1.29, 1.82) is 0 Å². The van der Waals surface area contributed by atoms with Crippen molar-refractivity contribution >= 4 is 5.69 Å². The standard InChI is InChI=1S/C9H8FNO4/c10-8-3-6(11(12)13)1-2-9(8)15-5-7-4-14-7/h1-3,7H,4-5H2. The number of nitro groups is 1. The molecule has 1 atom stereocenters. The van der Waals surface area contributed by atoms with Gasteiger partial charge < -0.3 is 9.47 Å². The number of benzene rings is 1. The molecule has 80 valence electrons. The van der Waals surface area contributed by atoms with E-state index in [-0.39, 0.29) is 24.1 Å². The molecule has 0 saturated carbocycles. The van der Waals surface area contributed by atoms with Crippen molar-refractivity contribution in [1.82, 2.24) is 0 Å². The highest BCUT2D eigenvalue weighted by atomic mass is 19.1. The summed E-state index contributed by atoms with van der Waals surface area (Å²) >= 11 is 0. The van der Waals surface area contributed by atoms with E-state index in [0.29, 0.717) is 6.61 Å². The van der Waals surface area contributed by atoms with Crippen LogP contribution < -0.4 is 4.74 Å². The van der Waals surface area contributed by atoms with Gasteiger partial charge in [-0.2, -0.15) is 0 Å². The van der Waals surface area contributed by atoms with Gasteiger partial charge in [0.25, 0.3) is 5.69 Å². The molecule has 1 unspecified atom stereocenters. The summed E-state index contributed by atoms with van der Waals surface area (Å²) in [6, 6.07) is 3.28. The first-order valence-corrected chi connectivity index (χ1v) is 4.35. The van der Waals surface area contributed by atoms with E-state index in [1.165, 1.54) is 12.1 Å². The van der Waals surface area contributed by atoms with Gasteiger partial charge >= 0.3 is 0 Å². The number of nitrogens with zero attached hydrogens (tertiary/aromatic N) is 1. The van der Waals surface area contributed by atoms with E-state index in [4.69, 9.17) is 9.47 Å². The van der Waals surface area contributed by atoms with Gasteiger partial charge in [-0.1, -0.05) is 0 Å². The zero-order valence-electron chi connectivity index (χ0n) is 7.68. The number of hydrogen-bond acceptors (Lipinski definition) is 4. The maximum Gasteiger partial charge on any atom is 0.272 e. The topological polar surface area (TPSA) is 64.9 Å². The van der Waals surface area contributed by atoms with Crippen LogP contribution in [-0.4, -0.2) is 24.2 Å². The largest absolute Gasteiger partial charge is 0.488 e. The van der Waals surface area contributed by atoms with Gasteiger partial charge in [0.1, 0.15) is 12.7 Å². The van der Waals surface area contributed by atoms with Gasteiger partial charge in [0, 0.05) is 6.07 Å². The molecule has 0 spiro atoms. The van der Waals surface area contributed by atoms with Crippen LogP contribution in [0.3, 0.4) is 0 Å². The molecular weight excluding hydrogens is 205 g/mol. The molecule has 1 aliphatic heterocycles. The Bertz CT molecular complexity index is 392. The number of epoxide rings is 1. The Kier molecular flexibility index (Phi) is 2.51. The first kappa shape index (κ1) is 9.85. The Labute approximate surface area is 84.6 Å². The third kappa shape index (κ3) is 2.41. The summed E-state index contributed by atoms with van der Waals surface area (Å²) in [4.78, 5) is 9.66. The van der Waals surface area contributed by atoms with Gasteiger partial charge in [0.2, 0.25) is 0 Å². The van der Waals surface area contributed by atoms with Gasteiger partial charge in [0.05, 0.1) is 17.6 Å². The molecule has 5 nitrogen and oxygen atoms in total. The van der Waals surface area contributed by atoms with Gasteiger partial charge in [-0.15, -0.1) is 0 Å². The molecule has 1 aromatic rings. The summed E-state index contributed by atoms with van der Waals surface area (Å²) in [5.74, 6) is -0.721. The van der Waals surface area contributed by atoms with Crippen molar-refractivity contribution < 1.29 is 18.8 Å². The van der Waals surface area contributed by atoms with Crippen LogP contribution >= 0.6 is 0 Å². The van der Waals surface area contributed by atoms with Gasteiger partial charge in [0.15, 0.2) is 11.6 Å². The van der Waals surface area contributed by atoms with Gasteiger partial charge in [-0.3, -0.25) is 10.1 Å². The predicted molar refractivity (Wildman–Crippen MR) is 48.3 cm³/mol. The number of hydrogen-bond donors (Lipinski definition) is 0. The fraction of sp³-hybridized carbons (Fsp3) is 0.333. The summed E-state index contributed by atoms with van der Waals surface area (Å²) in [5.41, 5.74) is -0.289. The second-order valence-electron chi connectivity index (χ2n) is 3.14. The van der Waals surface area contributed by atoms with E-state index >= 15 is 0 Å². The first-order valence-electron chi connectivity index (χ1n) is 4.35. The second-order valence-corrected chi connectivity index (χ2v) is 3.14. The SMILES string of the molecule is O=[N+]([O-])c1ccc(OCC2CO2)c(F)c1. The summed E-state index contributed by atoms with van der Waals surface area (Å²) in [6.07, 6.45) is 0.0274. The minimum Gasteiger partial charge on any atom is -0.488 e. The Morgan fingerprint density at radius 3 is 2.93 bits per heavy atom. The number of non-ortho nitro benzene ring substituents is 1. The zero-order valence-corrected chi connectivity index (χ0v) is 7.68. The lowest BCUT2D eigenvalue weighted by molar-refractivity contribution is -0.385. The number of halogens is 1. The molecule has 1 aromatic carbocycles. The highest BCUT2D eigenvalue weighted by Crippen LogP contribution is 2.23. The molecule has 1 heterocycles. The van der Waals surface area contributed by atoms with Crippen molar-refractivity contribution in [2.75, 3.05) is 13.2 Å². The second kappa shape index (κ2) is 3.82. The molecule has 0 aliphatic carbocycles. The highest BCUT2D eigenvalue weighted by molar-refractivity contribution is 5.37. The van der Waals surface area contributed by atoms with E-state index in [0.717, 1.165) is 6.07 Å². The maximum absolute atomic E-state index is 13.2. The molecule has 6 heteroatoms. The van der Waals surface area contributed by atoms with Gasteiger partial charge in [-0.25, -0.2) is 4.39 Å². The third-order valence-electron chi connectivity index (χ3n) is 1.95. The number of ether oxygens (including phenoxy) is 2. The van der Waals surface area contributed by atoms with E-state index in [1.807, 2.05) is 0 Å². The average Bonchev–Trinajstić information content (AvgIpc) is 2.99. The lowest BCUT2D eigenvalue weighted by atomic mass is 10.3. The fourth-order valence-corrected chi connectivity index (χ4v) is 1.07. The van der Waals surface area contributed by atoms with E-state index in [1.54, 1.807) is 0 Å². The van der Waals surface area contributed by atoms with Crippen LogP contribution in [0.1, 0.15) is 0 Å². The molecule has 15 heavy (non-hydrogen) atoms. The quantitative estimate of drug-likeness (QED) is 0.432. The Hall–Kier alpha value is -1.69. The molecule has 1 fully saturated rings. The molecule has 0 N–H and O–H groups in total. The number of rotatable bonds is 4. The first-order chi connectivity index (χ1) is 7.16. The summed E-state index contributed by atoms with van der Waals surface area (Å²) in [5, 5.41) is 10.3. The summed E-state index contributed by atoms with van der Waals surface area (Å²) in [6.45, 7) is 0.892. The van der Waals surface area contributed by atoms with Crippen molar-refractivity contribution in [2.45, 2.75) is 6.10 Å². The molecule has 0 amide bonds. The third-order valence-corrected chi connectivity index (χ3v) is 1.95. The van der Waals surface area contributed by atoms with Crippen LogP contribution in [0.2, 0.25) is 0 Å². The van der Waals surface area contributed by atoms with Crippen LogP contribution in [0.4, 0.5) is 10.1 Å². The lowest BCUT2D eigenvalue weighted by Crippen LogP contribution is -2.05. The molecule has 2 rings (SSSR count). The van der Waals surface area contributed by atoms with E-state index in [9.17, 15) is 14.5 Å². The monoisotopic (exact) mass is 213 g/mol. The van der Waals surface area contributed by atoms with Gasteiger partial charge in [-0.05, 0) is 6.07 Å². The van der Waals surface area contributed by atoms with Crippen molar-refractivity contribution in [3.8, 4) is 5.75 Å². The minimum absolute atomic E-state index is 0.0103. The van der Waals surface area contributed by atoms with E-state index < -0.39 is 10.7 Å². The Morgan fingerprint density at radius 2 is 2.40 bits per heavy atom. The fourth-order valence-electron chi connectivity index (χ4n) is 1.07. The molecule has 0 radical (unpaired) electrons. The minimum atomic E-state index is -0.732. The van der Waals surface area contributed by atoms with Crippen molar-refractivity contribution in [3.63, 3.8) is 0 Å². The van der Waals surface area contributed by atoms with Crippen molar-refractivity contribution in [3.05, 3.63) is 34.1 Å². The Balaban J connectivity index is 2.07. The summed E-state index contributed by atoms with van der Waals surface area (Å²) < 4.78 is 23.2. The van der Waals surface area contributed by atoms with Crippen LogP contribution in [0.25, 0.3) is 0 Å². The normalized spacial score (nSPS) is 18.6. The Morgan fingerprint density at radius 1 is 1.67 bits per heavy atom. The van der Waals surface area contributed by atoms with Crippen LogP contribution in [0, 0.1) is 15.9 Å². The molecule has 1 aliphatic rings. The van der Waals surface area contributed by atoms with Crippen molar-refractivity contribution in [2.24, 2.45) is 0 Å². The molecule has 1 saturated heterocycles. The van der Waals surface area contributed by atoms with Crippen LogP contribution in [0.5, 0.6) is 5.75 Å². The maximum atomic E-state index is 13.2. The van der Waals surface area contributed by atoms with E-state index in [2.05, 4.69) is 0 Å². The summed E-state index contributed by atoms with van der Waals surface area (Å²) in [7, 11) is 0. The predicted octanol–water partition coefficient (Wildman–Crippen LogP) is 1.51. The zero-order chi connectivity index (χ0) is 10.8. The molecular formula is C9H8FNO4. The van der Waals surface area contributed by atoms with Crippen LogP contribution in [-0.2, 0) is 4.74 Å². The highest BCUT2D eigenvalue weighted by Gasteiger charge is 2.23. The lowest BCUT2D eigenvalue weighted by Gasteiger charge is -2.04.